The average Bonchev–Trinajstić information content (AvgIpc) is 2.85. The van der Waals surface area contributed by atoms with E-state index in [1.54, 1.807) is 30.6 Å². The van der Waals surface area contributed by atoms with Crippen molar-refractivity contribution in [3.8, 4) is 0 Å². The van der Waals surface area contributed by atoms with Crippen molar-refractivity contribution < 1.29 is 8.42 Å². The van der Waals surface area contributed by atoms with E-state index in [2.05, 4.69) is 25.9 Å². The number of nitrogens with zero attached hydrogens (tertiary/aromatic N) is 2. The molecule has 0 fully saturated rings. The summed E-state index contributed by atoms with van der Waals surface area (Å²) in [5, 5.41) is 0. The van der Waals surface area contributed by atoms with Gasteiger partial charge >= 0.3 is 0 Å². The molecule has 0 atom stereocenters. The number of H-pyrrole nitrogens is 1. The molecule has 0 saturated heterocycles. The van der Waals surface area contributed by atoms with Gasteiger partial charge in [-0.2, -0.15) is 4.31 Å². The predicted molar refractivity (Wildman–Crippen MR) is 76.1 cm³/mol. The first-order valence-electron chi connectivity index (χ1n) is 5.62. The third kappa shape index (κ3) is 3.05. The first-order chi connectivity index (χ1) is 8.91. The highest BCUT2D eigenvalue weighted by molar-refractivity contribution is 9.10. The quantitative estimate of drug-likeness (QED) is 0.926. The zero-order valence-electron chi connectivity index (χ0n) is 10.6. The van der Waals surface area contributed by atoms with Crippen LogP contribution in [0.15, 0.2) is 40.0 Å². The van der Waals surface area contributed by atoms with Crippen LogP contribution in [0.25, 0.3) is 0 Å². The Labute approximate surface area is 120 Å². The zero-order chi connectivity index (χ0) is 14.0. The van der Waals surface area contributed by atoms with Gasteiger partial charge in [-0.15, -0.1) is 0 Å². The van der Waals surface area contributed by atoms with Gasteiger partial charge in [-0.05, 0) is 30.7 Å². The molecule has 5 nitrogen and oxygen atoms in total. The number of aromatic amines is 1. The number of hydrogen-bond donors (Lipinski definition) is 1. The Hall–Kier alpha value is -1.18. The second kappa shape index (κ2) is 5.44. The van der Waals surface area contributed by atoms with Crippen molar-refractivity contribution in [1.82, 2.24) is 14.3 Å². The van der Waals surface area contributed by atoms with E-state index < -0.39 is 10.0 Å². The van der Waals surface area contributed by atoms with Crippen LogP contribution in [-0.2, 0) is 16.6 Å². The van der Waals surface area contributed by atoms with Crippen molar-refractivity contribution in [2.45, 2.75) is 18.4 Å². The molecule has 2 aromatic rings. The van der Waals surface area contributed by atoms with Crippen molar-refractivity contribution >= 4 is 26.0 Å². The summed E-state index contributed by atoms with van der Waals surface area (Å²) in [5.41, 5.74) is 0.882. The van der Waals surface area contributed by atoms with Gasteiger partial charge in [0.2, 0.25) is 10.0 Å². The van der Waals surface area contributed by atoms with Crippen molar-refractivity contribution in [2.24, 2.45) is 0 Å². The summed E-state index contributed by atoms with van der Waals surface area (Å²) in [7, 11) is -1.96. The number of hydrogen-bond acceptors (Lipinski definition) is 3. The Morgan fingerprint density at radius 1 is 1.42 bits per heavy atom. The third-order valence-electron chi connectivity index (χ3n) is 2.76. The molecule has 0 saturated carbocycles. The summed E-state index contributed by atoms with van der Waals surface area (Å²) in [6, 6.07) is 4.98. The number of nitrogens with one attached hydrogen (secondary N) is 1. The molecule has 1 aromatic heterocycles. The molecule has 0 unspecified atom stereocenters. The molecule has 7 heteroatoms. The van der Waals surface area contributed by atoms with Crippen LogP contribution in [0.4, 0.5) is 0 Å². The fourth-order valence-corrected chi connectivity index (χ4v) is 3.10. The molecule has 1 heterocycles. The molecule has 0 bridgehead atoms. The van der Waals surface area contributed by atoms with Gasteiger partial charge in [0, 0.05) is 23.9 Å². The highest BCUT2D eigenvalue weighted by Gasteiger charge is 2.22. The molecule has 0 aliphatic carbocycles. The molecule has 19 heavy (non-hydrogen) atoms. The lowest BCUT2D eigenvalue weighted by Gasteiger charge is -2.16. The predicted octanol–water partition coefficient (Wildman–Crippen LogP) is 2.30. The molecular weight excluding hydrogens is 330 g/mol. The average molecular weight is 344 g/mol. The second-order valence-corrected chi connectivity index (χ2v) is 7.11. The van der Waals surface area contributed by atoms with Crippen molar-refractivity contribution in [3.63, 3.8) is 0 Å². The van der Waals surface area contributed by atoms with Crippen LogP contribution in [0.1, 0.15) is 11.4 Å². The van der Waals surface area contributed by atoms with Crippen LogP contribution in [0, 0.1) is 6.92 Å². The largest absolute Gasteiger partial charge is 0.347 e. The SMILES string of the molecule is Cc1cc(S(=O)(=O)N(C)Cc2ncc[nH]2)ccc1Br. The van der Waals surface area contributed by atoms with Gasteiger partial charge in [0.25, 0.3) is 0 Å². The summed E-state index contributed by atoms with van der Waals surface area (Å²) < 4.78 is 26.9. The Morgan fingerprint density at radius 2 is 2.16 bits per heavy atom. The maximum Gasteiger partial charge on any atom is 0.243 e. The fraction of sp³-hybridized carbons (Fsp3) is 0.250. The fourth-order valence-electron chi connectivity index (χ4n) is 1.64. The number of halogens is 1. The van der Waals surface area contributed by atoms with Gasteiger partial charge in [-0.1, -0.05) is 15.9 Å². The molecule has 2 rings (SSSR count). The van der Waals surface area contributed by atoms with E-state index in [0.717, 1.165) is 10.0 Å². The zero-order valence-corrected chi connectivity index (χ0v) is 13.0. The van der Waals surface area contributed by atoms with Crippen molar-refractivity contribution in [1.29, 1.82) is 0 Å². The summed E-state index contributed by atoms with van der Waals surface area (Å²) in [6.07, 6.45) is 3.26. The van der Waals surface area contributed by atoms with E-state index in [0.29, 0.717) is 5.82 Å². The normalized spacial score (nSPS) is 12.0. The van der Waals surface area contributed by atoms with Crippen LogP contribution in [0.3, 0.4) is 0 Å². The molecule has 1 aromatic carbocycles. The smallest absolute Gasteiger partial charge is 0.243 e. The van der Waals surface area contributed by atoms with Crippen LogP contribution < -0.4 is 0 Å². The minimum Gasteiger partial charge on any atom is -0.347 e. The van der Waals surface area contributed by atoms with Crippen LogP contribution in [0.2, 0.25) is 0 Å². The Morgan fingerprint density at radius 3 is 2.74 bits per heavy atom. The summed E-state index contributed by atoms with van der Waals surface area (Å²) in [5.74, 6) is 0.611. The summed E-state index contributed by atoms with van der Waals surface area (Å²) in [6.45, 7) is 2.07. The van der Waals surface area contributed by atoms with Crippen molar-refractivity contribution in [3.05, 3.63) is 46.5 Å². The van der Waals surface area contributed by atoms with E-state index in [9.17, 15) is 8.42 Å². The standard InChI is InChI=1S/C12H14BrN3O2S/c1-9-7-10(3-4-11(9)13)19(17,18)16(2)8-12-14-5-6-15-12/h3-7H,8H2,1-2H3,(H,14,15). The Kier molecular flexibility index (Phi) is 4.07. The highest BCUT2D eigenvalue weighted by Crippen LogP contribution is 2.22. The second-order valence-electron chi connectivity index (χ2n) is 4.21. The number of benzene rings is 1. The van der Waals surface area contributed by atoms with E-state index in [4.69, 9.17) is 0 Å². The van der Waals surface area contributed by atoms with E-state index in [1.165, 1.54) is 11.4 Å². The highest BCUT2D eigenvalue weighted by atomic mass is 79.9. The number of aromatic nitrogens is 2. The van der Waals surface area contributed by atoms with E-state index in [-0.39, 0.29) is 11.4 Å². The lowest BCUT2D eigenvalue weighted by molar-refractivity contribution is 0.458. The molecule has 0 radical (unpaired) electrons. The van der Waals surface area contributed by atoms with Crippen LogP contribution in [-0.4, -0.2) is 29.7 Å². The first kappa shape index (κ1) is 14.2. The molecular formula is C12H14BrN3O2S. The third-order valence-corrected chi connectivity index (χ3v) is 5.45. The molecule has 0 aliphatic heterocycles. The van der Waals surface area contributed by atoms with Gasteiger partial charge in [-0.25, -0.2) is 13.4 Å². The molecule has 102 valence electrons. The van der Waals surface area contributed by atoms with Crippen molar-refractivity contribution in [2.75, 3.05) is 7.05 Å². The van der Waals surface area contributed by atoms with Gasteiger partial charge in [0.15, 0.2) is 0 Å². The maximum atomic E-state index is 12.4. The minimum atomic E-state index is -3.50. The molecule has 0 spiro atoms. The van der Waals surface area contributed by atoms with Crippen LogP contribution >= 0.6 is 15.9 Å². The van der Waals surface area contributed by atoms with Gasteiger partial charge < -0.3 is 4.98 Å². The molecule has 0 amide bonds. The first-order valence-corrected chi connectivity index (χ1v) is 7.85. The van der Waals surface area contributed by atoms with Gasteiger partial charge in [0.1, 0.15) is 5.82 Å². The van der Waals surface area contributed by atoms with E-state index in [1.807, 2.05) is 6.92 Å². The molecule has 0 aliphatic rings. The monoisotopic (exact) mass is 343 g/mol. The minimum absolute atomic E-state index is 0.213. The Bertz CT molecular complexity index is 668. The van der Waals surface area contributed by atoms with E-state index >= 15 is 0 Å². The topological polar surface area (TPSA) is 66.1 Å². The number of rotatable bonds is 4. The van der Waals surface area contributed by atoms with Crippen LogP contribution in [0.5, 0.6) is 0 Å². The molecule has 1 N–H and O–H groups in total. The number of imidazole rings is 1. The maximum absolute atomic E-state index is 12.4. The Balaban J connectivity index is 2.28. The van der Waals surface area contributed by atoms with Gasteiger partial charge in [0.05, 0.1) is 11.4 Å². The summed E-state index contributed by atoms with van der Waals surface area (Å²) >= 11 is 3.36. The number of aryl methyl sites for hydroxylation is 1. The number of sulfonamides is 1. The van der Waals surface area contributed by atoms with Gasteiger partial charge in [-0.3, -0.25) is 0 Å². The summed E-state index contributed by atoms with van der Waals surface area (Å²) in [4.78, 5) is 7.19. The lowest BCUT2D eigenvalue weighted by atomic mass is 10.2. The lowest BCUT2D eigenvalue weighted by Crippen LogP contribution is -2.27.